The van der Waals surface area contributed by atoms with Gasteiger partial charge in [0.15, 0.2) is 0 Å². The highest BCUT2D eigenvalue weighted by Crippen LogP contribution is 1.93. The first-order valence-electron chi connectivity index (χ1n) is 3.19. The Bertz CT molecular complexity index is 20.5. The van der Waals surface area contributed by atoms with Crippen molar-refractivity contribution in [3.63, 3.8) is 0 Å². The van der Waals surface area contributed by atoms with E-state index in [0.717, 1.165) is 12.3 Å². The van der Waals surface area contributed by atoms with E-state index in [1.165, 1.54) is 5.75 Å². The van der Waals surface area contributed by atoms with Gasteiger partial charge < -0.3 is 5.73 Å². The van der Waals surface area contributed by atoms with Crippen LogP contribution in [0.3, 0.4) is 0 Å². The van der Waals surface area contributed by atoms with Gasteiger partial charge in [-0.05, 0) is 5.75 Å². The van der Waals surface area contributed by atoms with Gasteiger partial charge in [0.05, 0.1) is 0 Å². The van der Waals surface area contributed by atoms with Crippen molar-refractivity contribution in [2.45, 2.75) is 20.8 Å². The second-order valence-electron chi connectivity index (χ2n) is 0.986. The van der Waals surface area contributed by atoms with Crippen molar-refractivity contribution in [3.8, 4) is 0 Å². The molecule has 0 saturated carbocycles. The molecule has 0 heterocycles. The molecule has 0 aromatic carbocycles. The molecule has 2 heteroatoms. The third-order valence-electron chi connectivity index (χ3n) is 0.466. The van der Waals surface area contributed by atoms with Gasteiger partial charge in [-0.15, -0.1) is 0 Å². The first-order chi connectivity index (χ1) is 3.91. The first kappa shape index (κ1) is 11.2. The lowest BCUT2D eigenvalue weighted by atomic mass is 10.8. The Morgan fingerprint density at radius 1 is 1.38 bits per heavy atom. The molecule has 0 aliphatic heterocycles. The highest BCUT2D eigenvalue weighted by atomic mass is 32.2. The van der Waals surface area contributed by atoms with Gasteiger partial charge in [-0.1, -0.05) is 20.8 Å². The van der Waals surface area contributed by atoms with E-state index >= 15 is 0 Å². The molecule has 52 valence electrons. The van der Waals surface area contributed by atoms with Crippen LogP contribution in [-0.2, 0) is 0 Å². The summed E-state index contributed by atoms with van der Waals surface area (Å²) in [7, 11) is 0. The minimum atomic E-state index is 0.818. The lowest BCUT2D eigenvalue weighted by molar-refractivity contribution is 1.15. The maximum atomic E-state index is 5.19. The summed E-state index contributed by atoms with van der Waals surface area (Å²) in [5, 5.41) is 0. The molecule has 2 N–H and O–H groups in total. The zero-order valence-electron chi connectivity index (χ0n) is 6.11. The van der Waals surface area contributed by atoms with E-state index in [1.54, 1.807) is 0 Å². The molecule has 0 atom stereocenters. The normalized spacial score (nSPS) is 7.50. The van der Waals surface area contributed by atoms with E-state index in [9.17, 15) is 0 Å². The number of hydrogen-bond acceptors (Lipinski definition) is 2. The van der Waals surface area contributed by atoms with E-state index in [2.05, 4.69) is 6.92 Å². The molecule has 0 aliphatic carbocycles. The van der Waals surface area contributed by atoms with Crippen molar-refractivity contribution in [2.24, 2.45) is 5.73 Å². The van der Waals surface area contributed by atoms with Crippen LogP contribution in [0.2, 0.25) is 0 Å². The predicted octanol–water partition coefficient (Wildman–Crippen LogP) is 1.72. The summed E-state index contributed by atoms with van der Waals surface area (Å²) in [5.41, 5.74) is 5.19. The summed E-state index contributed by atoms with van der Waals surface area (Å²) in [6, 6.07) is 0. The molecule has 0 unspecified atom stereocenters. The molecule has 0 aromatic rings. The smallest absolute Gasteiger partial charge is 0.00557 e. The molecule has 0 aromatic heterocycles. The first-order valence-corrected chi connectivity index (χ1v) is 4.35. The van der Waals surface area contributed by atoms with Gasteiger partial charge in [-0.2, -0.15) is 11.8 Å². The molecule has 0 saturated heterocycles. The highest BCUT2D eigenvalue weighted by Gasteiger charge is 1.74. The largest absolute Gasteiger partial charge is 0.330 e. The van der Waals surface area contributed by atoms with Gasteiger partial charge in [0.2, 0.25) is 0 Å². The van der Waals surface area contributed by atoms with Crippen molar-refractivity contribution in [2.75, 3.05) is 18.1 Å². The Morgan fingerprint density at radius 2 is 1.88 bits per heavy atom. The lowest BCUT2D eigenvalue weighted by Crippen LogP contribution is -2.00. The maximum Gasteiger partial charge on any atom is 0.00557 e. The van der Waals surface area contributed by atoms with Crippen molar-refractivity contribution in [1.82, 2.24) is 0 Å². The van der Waals surface area contributed by atoms with Crippen LogP contribution in [0.25, 0.3) is 0 Å². The van der Waals surface area contributed by atoms with Crippen LogP contribution in [0, 0.1) is 0 Å². The predicted molar refractivity (Wildman–Crippen MR) is 43.4 cm³/mol. The summed E-state index contributed by atoms with van der Waals surface area (Å²) >= 11 is 1.88. The maximum absolute atomic E-state index is 5.19. The summed E-state index contributed by atoms with van der Waals surface area (Å²) in [5.74, 6) is 2.30. The van der Waals surface area contributed by atoms with Crippen molar-refractivity contribution >= 4 is 11.8 Å². The fraction of sp³-hybridized carbons (Fsp3) is 1.00. The van der Waals surface area contributed by atoms with Crippen molar-refractivity contribution < 1.29 is 0 Å². The van der Waals surface area contributed by atoms with Crippen LogP contribution in [0.5, 0.6) is 0 Å². The third kappa shape index (κ3) is 16.2. The third-order valence-corrected chi connectivity index (χ3v) is 1.40. The standard InChI is InChI=1S/C4H11NS.C2H6/c1-2-6-4-3-5;1-2/h2-5H2,1H3;1-2H3. The number of thioether (sulfide) groups is 1. The van der Waals surface area contributed by atoms with E-state index < -0.39 is 0 Å². The molecular formula is C6H17NS. The lowest BCUT2D eigenvalue weighted by Gasteiger charge is -1.87. The topological polar surface area (TPSA) is 26.0 Å². The SMILES string of the molecule is CC.CCSCCN. The quantitative estimate of drug-likeness (QED) is 0.596. The van der Waals surface area contributed by atoms with E-state index in [1.807, 2.05) is 25.6 Å². The van der Waals surface area contributed by atoms with Crippen molar-refractivity contribution in [3.05, 3.63) is 0 Å². The van der Waals surface area contributed by atoms with Crippen LogP contribution in [0.4, 0.5) is 0 Å². The molecule has 0 radical (unpaired) electrons. The second-order valence-corrected chi connectivity index (χ2v) is 2.38. The molecule has 0 fully saturated rings. The Kier molecular flexibility index (Phi) is 21.8. The van der Waals surface area contributed by atoms with Gasteiger partial charge in [0, 0.05) is 12.3 Å². The average molecular weight is 135 g/mol. The van der Waals surface area contributed by atoms with Gasteiger partial charge in [-0.25, -0.2) is 0 Å². The Hall–Kier alpha value is 0.310. The number of rotatable bonds is 3. The minimum absolute atomic E-state index is 0.818. The van der Waals surface area contributed by atoms with Crippen LogP contribution in [0.1, 0.15) is 20.8 Å². The van der Waals surface area contributed by atoms with Crippen LogP contribution >= 0.6 is 11.8 Å². The monoisotopic (exact) mass is 135 g/mol. The summed E-state index contributed by atoms with van der Waals surface area (Å²) in [6.07, 6.45) is 0. The highest BCUT2D eigenvalue weighted by molar-refractivity contribution is 7.99. The number of hydrogen-bond donors (Lipinski definition) is 1. The summed E-state index contributed by atoms with van der Waals surface area (Å²) < 4.78 is 0. The minimum Gasteiger partial charge on any atom is -0.330 e. The molecule has 0 aliphatic rings. The summed E-state index contributed by atoms with van der Waals surface area (Å²) in [4.78, 5) is 0. The van der Waals surface area contributed by atoms with E-state index in [0.29, 0.717) is 0 Å². The fourth-order valence-corrected chi connectivity index (χ4v) is 0.683. The second kappa shape index (κ2) is 15.7. The Labute approximate surface area is 57.0 Å². The van der Waals surface area contributed by atoms with Gasteiger partial charge >= 0.3 is 0 Å². The molecule has 8 heavy (non-hydrogen) atoms. The van der Waals surface area contributed by atoms with Crippen molar-refractivity contribution in [1.29, 1.82) is 0 Å². The Balaban J connectivity index is 0. The van der Waals surface area contributed by atoms with E-state index in [-0.39, 0.29) is 0 Å². The molecular weight excluding hydrogens is 118 g/mol. The number of nitrogens with two attached hydrogens (primary N) is 1. The van der Waals surface area contributed by atoms with Crippen LogP contribution in [-0.4, -0.2) is 18.1 Å². The molecule has 1 nitrogen and oxygen atoms in total. The zero-order chi connectivity index (χ0) is 6.83. The molecule has 0 spiro atoms. The van der Waals surface area contributed by atoms with Crippen LogP contribution in [0.15, 0.2) is 0 Å². The van der Waals surface area contributed by atoms with E-state index in [4.69, 9.17) is 5.73 Å². The fourth-order valence-electron chi connectivity index (χ4n) is 0.228. The van der Waals surface area contributed by atoms with Gasteiger partial charge in [0.25, 0.3) is 0 Å². The van der Waals surface area contributed by atoms with Gasteiger partial charge in [0.1, 0.15) is 0 Å². The van der Waals surface area contributed by atoms with Crippen LogP contribution < -0.4 is 5.73 Å². The molecule has 0 rings (SSSR count). The van der Waals surface area contributed by atoms with Gasteiger partial charge in [-0.3, -0.25) is 0 Å². The molecule has 0 bridgehead atoms. The molecule has 0 amide bonds. The zero-order valence-corrected chi connectivity index (χ0v) is 6.92. The Morgan fingerprint density at radius 3 is 2.00 bits per heavy atom. The average Bonchev–Trinajstić information content (AvgIpc) is 1.88. The summed E-state index contributed by atoms with van der Waals surface area (Å²) in [6.45, 7) is 6.96.